The van der Waals surface area contributed by atoms with Crippen LogP contribution in [0.3, 0.4) is 0 Å². The molecule has 8 aromatic rings. The fourth-order valence-electron chi connectivity index (χ4n) is 12.0. The number of hydrogen-bond acceptors (Lipinski definition) is 8. The molecule has 8 heteroatoms. The molecular formula is C71H78N2O6. The van der Waals surface area contributed by atoms with Crippen LogP contribution in [0.25, 0.3) is 22.3 Å². The van der Waals surface area contributed by atoms with E-state index in [9.17, 15) is 19.5 Å². The summed E-state index contributed by atoms with van der Waals surface area (Å²) in [7, 11) is 0. The molecule has 0 aromatic heterocycles. The third-order valence-corrected chi connectivity index (χ3v) is 15.0. The number of ether oxygens (including phenoxy) is 2. The summed E-state index contributed by atoms with van der Waals surface area (Å²) in [6.45, 7) is 15.8. The van der Waals surface area contributed by atoms with Crippen LogP contribution in [-0.2, 0) is 48.0 Å². The number of nitrogens with zero attached hydrogens (tertiary/aromatic N) is 2. The molecule has 2 aliphatic carbocycles. The quantitative estimate of drug-likeness (QED) is 0.0755. The molecule has 0 fully saturated rings. The minimum absolute atomic E-state index is 0. The van der Waals surface area contributed by atoms with Gasteiger partial charge in [-0.05, 0) is 108 Å². The molecule has 79 heavy (non-hydrogen) atoms. The lowest BCUT2D eigenvalue weighted by atomic mass is 9.76. The Bertz CT molecular complexity index is 3250. The molecule has 8 nitrogen and oxygen atoms in total. The fraction of sp³-hybridized carbons (Fsp3) is 0.282. The van der Waals surface area contributed by atoms with Crippen LogP contribution >= 0.6 is 0 Å². The summed E-state index contributed by atoms with van der Waals surface area (Å²) in [6.07, 6.45) is 0.873. The number of aliphatic hydroxyl groups excluding tert-OH is 1. The Morgan fingerprint density at radius 3 is 1.05 bits per heavy atom. The molecule has 408 valence electrons. The first kappa shape index (κ1) is 57.4. The second-order valence-corrected chi connectivity index (χ2v) is 22.7. The highest BCUT2D eigenvalue weighted by Crippen LogP contribution is 2.57. The first-order chi connectivity index (χ1) is 37.5. The average molecular weight is 1060 g/mol. The minimum Gasteiger partial charge on any atom is -0.459 e. The van der Waals surface area contributed by atoms with Crippen molar-refractivity contribution in [1.29, 1.82) is 0 Å². The van der Waals surface area contributed by atoms with Gasteiger partial charge in [-0.15, -0.1) is 0 Å². The second-order valence-electron chi connectivity index (χ2n) is 22.7. The fourth-order valence-corrected chi connectivity index (χ4v) is 12.0. The largest absolute Gasteiger partial charge is 0.459 e. The molecule has 0 saturated carbocycles. The zero-order chi connectivity index (χ0) is 55.2. The lowest BCUT2D eigenvalue weighted by Crippen LogP contribution is -2.58. The van der Waals surface area contributed by atoms with E-state index < -0.39 is 46.3 Å². The molecule has 0 spiro atoms. The van der Waals surface area contributed by atoms with Gasteiger partial charge in [0.2, 0.25) is 0 Å². The van der Waals surface area contributed by atoms with Gasteiger partial charge < -0.3 is 19.4 Å². The molecule has 0 amide bonds. The SMILES string of the molecule is C.C[C@@H](C=O)[C@@H](C(=O)OC(C)(C)C)N(Cc1ccccc1)C1(c2ccccc2)c2ccccc2-c2ccccc21.C[C@@H](CO)[C@@H](C(=O)OC(C)(C)C)N(Cc1ccccc1)C1(c2ccccc2)c2ccccc2-c2ccccc21.[2HH]. The van der Waals surface area contributed by atoms with Crippen molar-refractivity contribution in [2.24, 2.45) is 11.8 Å². The Morgan fingerprint density at radius 2 is 0.747 bits per heavy atom. The first-order valence-corrected chi connectivity index (χ1v) is 27.2. The van der Waals surface area contributed by atoms with E-state index in [0.717, 1.165) is 73.0 Å². The van der Waals surface area contributed by atoms with Crippen LogP contribution < -0.4 is 0 Å². The van der Waals surface area contributed by atoms with Gasteiger partial charge in [-0.1, -0.05) is 240 Å². The predicted molar refractivity (Wildman–Crippen MR) is 320 cm³/mol. The molecule has 10 rings (SSSR count). The van der Waals surface area contributed by atoms with Crippen molar-refractivity contribution in [3.8, 4) is 22.3 Å². The number of carbonyl (C=O) groups excluding carboxylic acids is 3. The number of hydrogen-bond donors (Lipinski definition) is 1. The van der Waals surface area contributed by atoms with E-state index in [1.807, 2.05) is 116 Å². The van der Waals surface area contributed by atoms with Gasteiger partial charge in [0.1, 0.15) is 29.6 Å². The van der Waals surface area contributed by atoms with Crippen molar-refractivity contribution in [3.05, 3.63) is 263 Å². The van der Waals surface area contributed by atoms with Crippen LogP contribution in [0.2, 0.25) is 0 Å². The van der Waals surface area contributed by atoms with Crippen LogP contribution in [0.4, 0.5) is 0 Å². The summed E-state index contributed by atoms with van der Waals surface area (Å²) in [4.78, 5) is 45.3. The maximum absolute atomic E-state index is 14.2. The number of carbonyl (C=O) groups is 3. The Balaban J connectivity index is 0.000000225. The zero-order valence-electron chi connectivity index (χ0n) is 46.2. The molecular weight excluding hydrogens is 977 g/mol. The summed E-state index contributed by atoms with van der Waals surface area (Å²) >= 11 is 0. The van der Waals surface area contributed by atoms with Gasteiger partial charge >= 0.3 is 11.9 Å². The standard InChI is InChI=1S/C35H37NO3.C35H35NO3.CH4.H2/c2*1-25(24-37)32(33(38)39-34(2,3)4)36(23-26-15-7-5-8-16-26)35(27-17-9-6-10-18-27)30-21-13-11-19-28(30)29-20-12-14-22-31(29)35;;/h5-22,25,32,37H,23-24H2,1-4H3;5-22,24-25,32H,23H2,1-4H3;1H4;1H/t2*25-,32-;;/m00../s1/i;;;1+1. The van der Waals surface area contributed by atoms with Gasteiger partial charge in [-0.25, -0.2) is 0 Å². The van der Waals surface area contributed by atoms with Crippen molar-refractivity contribution in [3.63, 3.8) is 0 Å². The summed E-state index contributed by atoms with van der Waals surface area (Å²) in [5.41, 5.74) is 10.1. The average Bonchev–Trinajstić information content (AvgIpc) is 3.48. The smallest absolute Gasteiger partial charge is 0.324 e. The Morgan fingerprint density at radius 1 is 0.468 bits per heavy atom. The number of fused-ring (bicyclic) bond motifs is 6. The number of esters is 2. The van der Waals surface area contributed by atoms with E-state index in [1.165, 1.54) is 0 Å². The highest BCUT2D eigenvalue weighted by Gasteiger charge is 2.55. The first-order valence-electron chi connectivity index (χ1n) is 27.2. The lowest BCUT2D eigenvalue weighted by molar-refractivity contribution is -0.168. The zero-order valence-corrected chi connectivity index (χ0v) is 46.2. The molecule has 0 saturated heterocycles. The van der Waals surface area contributed by atoms with Gasteiger partial charge in [-0.3, -0.25) is 19.4 Å². The van der Waals surface area contributed by atoms with Gasteiger partial charge in [0.25, 0.3) is 0 Å². The summed E-state index contributed by atoms with van der Waals surface area (Å²) in [5.74, 6) is -1.75. The predicted octanol–water partition coefficient (Wildman–Crippen LogP) is 14.7. The number of aldehydes is 1. The van der Waals surface area contributed by atoms with Crippen LogP contribution in [0.15, 0.2) is 218 Å². The van der Waals surface area contributed by atoms with E-state index in [-0.39, 0.29) is 27.3 Å². The summed E-state index contributed by atoms with van der Waals surface area (Å²) in [6, 6.07) is 73.3. The van der Waals surface area contributed by atoms with E-state index >= 15 is 0 Å². The molecule has 0 heterocycles. The van der Waals surface area contributed by atoms with Crippen LogP contribution in [0.5, 0.6) is 0 Å². The van der Waals surface area contributed by atoms with Crippen LogP contribution in [0.1, 0.15) is 109 Å². The van der Waals surface area contributed by atoms with Crippen molar-refractivity contribution in [1.82, 2.24) is 9.80 Å². The van der Waals surface area contributed by atoms with Crippen LogP contribution in [0, 0.1) is 11.8 Å². The van der Waals surface area contributed by atoms with Gasteiger partial charge in [0, 0.05) is 33.0 Å². The Kier molecular flexibility index (Phi) is 17.5. The lowest BCUT2D eigenvalue weighted by Gasteiger charge is -2.48. The third-order valence-electron chi connectivity index (χ3n) is 15.0. The van der Waals surface area contributed by atoms with Crippen molar-refractivity contribution < 1.29 is 30.4 Å². The summed E-state index contributed by atoms with van der Waals surface area (Å²) in [5, 5.41) is 10.5. The van der Waals surface area contributed by atoms with E-state index in [0.29, 0.717) is 13.1 Å². The minimum atomic E-state index is -0.846. The highest BCUT2D eigenvalue weighted by atomic mass is 16.6. The van der Waals surface area contributed by atoms with E-state index in [1.54, 1.807) is 0 Å². The molecule has 0 aliphatic heterocycles. The van der Waals surface area contributed by atoms with E-state index in [4.69, 9.17) is 9.47 Å². The highest BCUT2D eigenvalue weighted by molar-refractivity contribution is 5.87. The Labute approximate surface area is 470 Å². The third kappa shape index (κ3) is 11.3. The second kappa shape index (κ2) is 24.1. The van der Waals surface area contributed by atoms with Crippen LogP contribution in [-0.4, -0.2) is 63.0 Å². The van der Waals surface area contributed by atoms with Crippen molar-refractivity contribution >= 4 is 18.2 Å². The van der Waals surface area contributed by atoms with Crippen molar-refractivity contribution in [2.45, 2.75) is 110 Å². The van der Waals surface area contributed by atoms with Gasteiger partial charge in [-0.2, -0.15) is 0 Å². The molecule has 0 radical (unpaired) electrons. The van der Waals surface area contributed by atoms with E-state index in [2.05, 4.69) is 168 Å². The maximum atomic E-state index is 14.2. The normalized spacial score (nSPS) is 15.1. The summed E-state index contributed by atoms with van der Waals surface area (Å²) < 4.78 is 12.1. The number of aliphatic hydroxyl groups is 1. The molecule has 8 aromatic carbocycles. The Hall–Kier alpha value is -7.75. The topological polar surface area (TPSA) is 96.4 Å². The maximum Gasteiger partial charge on any atom is 0.324 e. The molecule has 0 bridgehead atoms. The number of rotatable bonds is 16. The van der Waals surface area contributed by atoms with Gasteiger partial charge in [0.05, 0.1) is 11.1 Å². The molecule has 1 N–H and O–H groups in total. The molecule has 0 unspecified atom stereocenters. The van der Waals surface area contributed by atoms with Crippen molar-refractivity contribution in [2.75, 3.05) is 6.61 Å². The molecule has 4 atom stereocenters. The van der Waals surface area contributed by atoms with Gasteiger partial charge in [0.15, 0.2) is 0 Å². The molecule has 2 aliphatic rings. The number of benzene rings is 8. The monoisotopic (exact) mass is 1060 g/mol.